The van der Waals surface area contributed by atoms with E-state index in [1.165, 1.54) is 6.08 Å². The van der Waals surface area contributed by atoms with Crippen molar-refractivity contribution in [3.63, 3.8) is 0 Å². The van der Waals surface area contributed by atoms with Gasteiger partial charge in [-0.25, -0.2) is 0 Å². The first kappa shape index (κ1) is 7.28. The van der Waals surface area contributed by atoms with E-state index in [2.05, 4.69) is 0 Å². The number of ketones is 1. The van der Waals surface area contributed by atoms with Gasteiger partial charge in [0.2, 0.25) is 0 Å². The summed E-state index contributed by atoms with van der Waals surface area (Å²) in [5.74, 6) is 0.644. The zero-order valence-corrected chi connectivity index (χ0v) is 5.92. The van der Waals surface area contributed by atoms with Crippen LogP contribution in [0.5, 0.6) is 0 Å². The van der Waals surface area contributed by atoms with E-state index in [1.54, 1.807) is 6.92 Å². The molecule has 56 valence electrons. The first-order valence-corrected chi connectivity index (χ1v) is 3.21. The third kappa shape index (κ3) is 2.19. The lowest BCUT2D eigenvalue weighted by molar-refractivity contribution is -0.120. The molecule has 1 aliphatic rings. The standard InChI is InChI=1S/C7H10O3/c1-6-4-7(8)5-9-2-3-10-6/h4H,2-3,5H2,1H3/b6-4+. The van der Waals surface area contributed by atoms with Crippen molar-refractivity contribution in [2.24, 2.45) is 0 Å². The highest BCUT2D eigenvalue weighted by Crippen LogP contribution is 1.98. The lowest BCUT2D eigenvalue weighted by atomic mass is 10.3. The van der Waals surface area contributed by atoms with Crippen LogP contribution < -0.4 is 0 Å². The van der Waals surface area contributed by atoms with Crippen LogP contribution in [0.3, 0.4) is 0 Å². The third-order valence-electron chi connectivity index (χ3n) is 1.17. The summed E-state index contributed by atoms with van der Waals surface area (Å²) >= 11 is 0. The number of ether oxygens (including phenoxy) is 2. The highest BCUT2D eigenvalue weighted by atomic mass is 16.5. The maximum Gasteiger partial charge on any atom is 0.184 e. The van der Waals surface area contributed by atoms with Gasteiger partial charge >= 0.3 is 0 Å². The lowest BCUT2D eigenvalue weighted by Crippen LogP contribution is -2.14. The normalized spacial score (nSPS) is 25.7. The molecule has 1 heterocycles. The van der Waals surface area contributed by atoms with Gasteiger partial charge in [-0.15, -0.1) is 0 Å². The molecule has 10 heavy (non-hydrogen) atoms. The molecule has 0 aromatic rings. The maximum atomic E-state index is 10.8. The summed E-state index contributed by atoms with van der Waals surface area (Å²) in [5.41, 5.74) is 0. The highest BCUT2D eigenvalue weighted by molar-refractivity contribution is 5.91. The van der Waals surface area contributed by atoms with Crippen molar-refractivity contribution in [2.75, 3.05) is 19.8 Å². The molecule has 0 atom stereocenters. The molecule has 0 spiro atoms. The maximum absolute atomic E-state index is 10.8. The van der Waals surface area contributed by atoms with Crippen LogP contribution in [-0.4, -0.2) is 25.6 Å². The Morgan fingerprint density at radius 1 is 1.50 bits per heavy atom. The molecular formula is C7H10O3. The fourth-order valence-corrected chi connectivity index (χ4v) is 0.744. The average Bonchev–Trinajstić information content (AvgIpc) is 1.83. The van der Waals surface area contributed by atoms with Crippen LogP contribution in [0, 0.1) is 0 Å². The molecule has 3 nitrogen and oxygen atoms in total. The Balaban J connectivity index is 2.55. The van der Waals surface area contributed by atoms with Gasteiger partial charge in [0.15, 0.2) is 5.78 Å². The minimum Gasteiger partial charge on any atom is -0.496 e. The summed E-state index contributed by atoms with van der Waals surface area (Å²) in [6.07, 6.45) is 1.46. The van der Waals surface area contributed by atoms with Crippen molar-refractivity contribution >= 4 is 5.78 Å². The third-order valence-corrected chi connectivity index (χ3v) is 1.17. The molecule has 1 rings (SSSR count). The molecule has 0 aromatic carbocycles. The Morgan fingerprint density at radius 2 is 2.30 bits per heavy atom. The smallest absolute Gasteiger partial charge is 0.184 e. The number of carbonyl (C=O) groups excluding carboxylic acids is 1. The molecule has 0 fully saturated rings. The molecule has 0 aliphatic carbocycles. The Labute approximate surface area is 59.6 Å². The summed E-state index contributed by atoms with van der Waals surface area (Å²) in [6.45, 7) is 2.98. The van der Waals surface area contributed by atoms with E-state index in [1.807, 2.05) is 0 Å². The van der Waals surface area contributed by atoms with Gasteiger partial charge in [0.05, 0.1) is 12.4 Å². The summed E-state index contributed by atoms with van der Waals surface area (Å²) in [4.78, 5) is 10.8. The van der Waals surface area contributed by atoms with Gasteiger partial charge in [-0.05, 0) is 6.92 Å². The van der Waals surface area contributed by atoms with Crippen molar-refractivity contribution in [1.29, 1.82) is 0 Å². The SMILES string of the molecule is C/C1=C\C(=O)COCCO1. The average molecular weight is 142 g/mol. The molecule has 1 aliphatic heterocycles. The molecule has 0 bridgehead atoms. The van der Waals surface area contributed by atoms with E-state index in [-0.39, 0.29) is 12.4 Å². The van der Waals surface area contributed by atoms with Gasteiger partial charge in [-0.2, -0.15) is 0 Å². The summed E-state index contributed by atoms with van der Waals surface area (Å²) in [6, 6.07) is 0. The van der Waals surface area contributed by atoms with E-state index >= 15 is 0 Å². The largest absolute Gasteiger partial charge is 0.496 e. The second-order valence-electron chi connectivity index (χ2n) is 2.12. The Morgan fingerprint density at radius 3 is 3.10 bits per heavy atom. The van der Waals surface area contributed by atoms with E-state index in [4.69, 9.17) is 9.47 Å². The highest BCUT2D eigenvalue weighted by Gasteiger charge is 2.03. The van der Waals surface area contributed by atoms with Crippen LogP contribution in [0.25, 0.3) is 0 Å². The van der Waals surface area contributed by atoms with E-state index in [9.17, 15) is 4.79 Å². The zero-order valence-electron chi connectivity index (χ0n) is 5.92. The van der Waals surface area contributed by atoms with E-state index < -0.39 is 0 Å². The molecule has 0 saturated carbocycles. The molecule has 3 heteroatoms. The van der Waals surface area contributed by atoms with Crippen LogP contribution in [-0.2, 0) is 14.3 Å². The van der Waals surface area contributed by atoms with Crippen LogP contribution >= 0.6 is 0 Å². The Kier molecular flexibility index (Phi) is 2.45. The molecule has 0 amide bonds. The lowest BCUT2D eigenvalue weighted by Gasteiger charge is -2.09. The monoisotopic (exact) mass is 142 g/mol. The fraction of sp³-hybridized carbons (Fsp3) is 0.571. The number of rotatable bonds is 0. The quantitative estimate of drug-likeness (QED) is 0.494. The minimum absolute atomic E-state index is 0.0304. The van der Waals surface area contributed by atoms with Gasteiger partial charge in [0, 0.05) is 6.08 Å². The van der Waals surface area contributed by atoms with Crippen LogP contribution in [0.4, 0.5) is 0 Å². The zero-order chi connectivity index (χ0) is 7.40. The second kappa shape index (κ2) is 3.37. The van der Waals surface area contributed by atoms with Gasteiger partial charge in [-0.1, -0.05) is 0 Å². The summed E-state index contributed by atoms with van der Waals surface area (Å²) < 4.78 is 9.98. The molecular weight excluding hydrogens is 132 g/mol. The predicted molar refractivity (Wildman–Crippen MR) is 35.5 cm³/mol. The topological polar surface area (TPSA) is 35.5 Å². The Hall–Kier alpha value is -0.830. The minimum atomic E-state index is -0.0304. The molecule has 0 aromatic heterocycles. The molecule has 0 unspecified atom stereocenters. The molecule has 0 radical (unpaired) electrons. The van der Waals surface area contributed by atoms with Crippen LogP contribution in [0.15, 0.2) is 11.8 Å². The number of hydrogen-bond donors (Lipinski definition) is 0. The Bertz CT molecular complexity index is 160. The first-order chi connectivity index (χ1) is 4.79. The summed E-state index contributed by atoms with van der Waals surface area (Å²) in [5, 5.41) is 0. The van der Waals surface area contributed by atoms with Gasteiger partial charge in [-0.3, -0.25) is 4.79 Å². The van der Waals surface area contributed by atoms with Crippen LogP contribution in [0.2, 0.25) is 0 Å². The van der Waals surface area contributed by atoms with Crippen molar-refractivity contribution in [3.05, 3.63) is 11.8 Å². The van der Waals surface area contributed by atoms with Crippen molar-refractivity contribution in [3.8, 4) is 0 Å². The predicted octanol–water partition coefficient (Wildman–Crippen LogP) is 0.506. The van der Waals surface area contributed by atoms with Crippen molar-refractivity contribution < 1.29 is 14.3 Å². The second-order valence-corrected chi connectivity index (χ2v) is 2.12. The molecule has 0 N–H and O–H groups in total. The van der Waals surface area contributed by atoms with Gasteiger partial charge < -0.3 is 9.47 Å². The van der Waals surface area contributed by atoms with Gasteiger partial charge in [0.1, 0.15) is 13.2 Å². The van der Waals surface area contributed by atoms with Crippen LogP contribution in [0.1, 0.15) is 6.92 Å². The van der Waals surface area contributed by atoms with Crippen molar-refractivity contribution in [2.45, 2.75) is 6.92 Å². The number of hydrogen-bond acceptors (Lipinski definition) is 3. The van der Waals surface area contributed by atoms with Gasteiger partial charge in [0.25, 0.3) is 0 Å². The number of allylic oxidation sites excluding steroid dienone is 1. The van der Waals surface area contributed by atoms with E-state index in [0.29, 0.717) is 19.0 Å². The summed E-state index contributed by atoms with van der Waals surface area (Å²) in [7, 11) is 0. The first-order valence-electron chi connectivity index (χ1n) is 3.21. The number of carbonyl (C=O) groups is 1. The fourth-order valence-electron chi connectivity index (χ4n) is 0.744. The van der Waals surface area contributed by atoms with Crippen molar-refractivity contribution in [1.82, 2.24) is 0 Å². The molecule has 0 saturated heterocycles. The van der Waals surface area contributed by atoms with E-state index in [0.717, 1.165) is 0 Å².